The molecule has 3 N–H and O–H groups in total. The second kappa shape index (κ2) is 10.4. The van der Waals surface area contributed by atoms with Gasteiger partial charge in [-0.05, 0) is 12.8 Å². The molecule has 0 saturated heterocycles. The Kier molecular flexibility index (Phi) is 10.3. The van der Waals surface area contributed by atoms with Gasteiger partial charge < -0.3 is 5.48 Å². The molecular formula is C12H28O3. The van der Waals surface area contributed by atoms with E-state index in [4.69, 9.17) is 5.26 Å². The number of hydrogen-bond acceptors (Lipinski definition) is 2. The third kappa shape index (κ3) is 7.77. The van der Waals surface area contributed by atoms with Crippen LogP contribution < -0.4 is 0 Å². The van der Waals surface area contributed by atoms with Crippen molar-refractivity contribution in [2.24, 2.45) is 0 Å². The van der Waals surface area contributed by atoms with Crippen LogP contribution >= 0.6 is 0 Å². The van der Waals surface area contributed by atoms with Crippen LogP contribution in [0.1, 0.15) is 72.1 Å². The van der Waals surface area contributed by atoms with Crippen molar-refractivity contribution in [3.63, 3.8) is 0 Å². The van der Waals surface area contributed by atoms with Gasteiger partial charge in [0.25, 0.3) is 0 Å². The Morgan fingerprint density at radius 1 is 0.733 bits per heavy atom. The van der Waals surface area contributed by atoms with Crippen molar-refractivity contribution in [3.8, 4) is 0 Å². The SMILES string of the molecule is C1CCCCC1.O.OOC1CCCCC1.[2HH]. The summed E-state index contributed by atoms with van der Waals surface area (Å²) in [6.45, 7) is 0. The van der Waals surface area contributed by atoms with Gasteiger partial charge in [-0.15, -0.1) is 0 Å². The van der Waals surface area contributed by atoms with Gasteiger partial charge in [0.1, 0.15) is 0 Å². The Hall–Kier alpha value is -0.120. The molecule has 2 aliphatic carbocycles. The van der Waals surface area contributed by atoms with Gasteiger partial charge in [-0.2, -0.15) is 0 Å². The molecule has 2 saturated carbocycles. The molecule has 0 aromatic heterocycles. The Morgan fingerprint density at radius 3 is 1.33 bits per heavy atom. The van der Waals surface area contributed by atoms with Crippen LogP contribution in [-0.4, -0.2) is 16.8 Å². The van der Waals surface area contributed by atoms with Gasteiger partial charge >= 0.3 is 0 Å². The minimum Gasteiger partial charge on any atom is -0.412 e. The van der Waals surface area contributed by atoms with E-state index in [2.05, 4.69) is 4.89 Å². The van der Waals surface area contributed by atoms with Gasteiger partial charge in [-0.1, -0.05) is 57.8 Å². The minimum absolute atomic E-state index is 0. The molecule has 15 heavy (non-hydrogen) atoms. The minimum atomic E-state index is 0. The van der Waals surface area contributed by atoms with E-state index in [-0.39, 0.29) is 13.0 Å². The van der Waals surface area contributed by atoms with E-state index in [0.29, 0.717) is 0 Å². The zero-order chi connectivity index (χ0) is 10.1. The fourth-order valence-corrected chi connectivity index (χ4v) is 2.23. The lowest BCUT2D eigenvalue weighted by atomic mass is 9.98. The maximum atomic E-state index is 8.19. The lowest BCUT2D eigenvalue weighted by Crippen LogP contribution is -2.14. The van der Waals surface area contributed by atoms with Gasteiger partial charge in [0.15, 0.2) is 0 Å². The fraction of sp³-hybridized carbons (Fsp3) is 1.00. The summed E-state index contributed by atoms with van der Waals surface area (Å²) in [4.78, 5) is 4.19. The molecule has 0 atom stereocenters. The summed E-state index contributed by atoms with van der Waals surface area (Å²) in [5, 5.41) is 8.19. The summed E-state index contributed by atoms with van der Waals surface area (Å²) in [6, 6.07) is 0. The van der Waals surface area contributed by atoms with Crippen molar-refractivity contribution in [1.29, 1.82) is 0 Å². The van der Waals surface area contributed by atoms with Crippen LogP contribution in [0.5, 0.6) is 0 Å². The van der Waals surface area contributed by atoms with Crippen LogP contribution in [0.2, 0.25) is 0 Å². The van der Waals surface area contributed by atoms with E-state index in [1.54, 1.807) is 0 Å². The third-order valence-corrected chi connectivity index (χ3v) is 3.20. The van der Waals surface area contributed by atoms with Crippen molar-refractivity contribution in [2.75, 3.05) is 0 Å². The summed E-state index contributed by atoms with van der Waals surface area (Å²) in [5.74, 6) is 0. The Labute approximate surface area is 94.6 Å². The summed E-state index contributed by atoms with van der Waals surface area (Å²) in [5.41, 5.74) is 0. The highest BCUT2D eigenvalue weighted by atomic mass is 17.1. The van der Waals surface area contributed by atoms with E-state index in [0.717, 1.165) is 12.8 Å². The summed E-state index contributed by atoms with van der Waals surface area (Å²) in [6.07, 6.45) is 15.0. The first-order valence-corrected chi connectivity index (χ1v) is 6.23. The molecule has 0 aromatic rings. The van der Waals surface area contributed by atoms with Crippen molar-refractivity contribution < 1.29 is 17.0 Å². The van der Waals surface area contributed by atoms with Crippen LogP contribution in [0, 0.1) is 0 Å². The topological polar surface area (TPSA) is 61.0 Å². The number of hydrogen-bond donors (Lipinski definition) is 1. The van der Waals surface area contributed by atoms with Crippen LogP contribution in [0.4, 0.5) is 0 Å². The lowest BCUT2D eigenvalue weighted by molar-refractivity contribution is -0.283. The molecule has 2 rings (SSSR count). The van der Waals surface area contributed by atoms with Crippen molar-refractivity contribution in [2.45, 2.75) is 76.7 Å². The molecule has 0 heterocycles. The molecule has 0 amide bonds. The monoisotopic (exact) mass is 221 g/mol. The van der Waals surface area contributed by atoms with E-state index < -0.39 is 0 Å². The van der Waals surface area contributed by atoms with Gasteiger partial charge in [0, 0.05) is 1.43 Å². The van der Waals surface area contributed by atoms with Crippen molar-refractivity contribution >= 4 is 0 Å². The molecule has 0 bridgehead atoms. The average molecular weight is 221 g/mol. The van der Waals surface area contributed by atoms with Crippen LogP contribution in [0.15, 0.2) is 0 Å². The van der Waals surface area contributed by atoms with Crippen molar-refractivity contribution in [3.05, 3.63) is 0 Å². The van der Waals surface area contributed by atoms with Crippen LogP contribution in [-0.2, 0) is 4.89 Å². The Morgan fingerprint density at radius 2 is 1.07 bits per heavy atom. The van der Waals surface area contributed by atoms with Crippen LogP contribution in [0.3, 0.4) is 0 Å². The molecule has 0 aromatic carbocycles. The van der Waals surface area contributed by atoms with Gasteiger partial charge in [-0.3, -0.25) is 5.26 Å². The molecule has 0 radical (unpaired) electrons. The first-order valence-electron chi connectivity index (χ1n) is 6.23. The molecule has 94 valence electrons. The zero-order valence-electron chi connectivity index (χ0n) is 9.71. The van der Waals surface area contributed by atoms with Crippen molar-refractivity contribution in [1.82, 2.24) is 0 Å². The van der Waals surface area contributed by atoms with Gasteiger partial charge in [0.2, 0.25) is 0 Å². The Balaban J connectivity index is 0. The molecule has 2 fully saturated rings. The molecule has 3 nitrogen and oxygen atoms in total. The molecule has 0 spiro atoms. The first-order chi connectivity index (χ1) is 6.93. The smallest absolute Gasteiger partial charge is 0.0927 e. The largest absolute Gasteiger partial charge is 0.412 e. The maximum Gasteiger partial charge on any atom is 0.0927 e. The molecule has 3 heteroatoms. The Bertz CT molecular complexity index is 112. The molecule has 2 aliphatic rings. The lowest BCUT2D eigenvalue weighted by Gasteiger charge is -2.17. The normalized spacial score (nSPS) is 22.2. The fourth-order valence-electron chi connectivity index (χ4n) is 2.23. The maximum absolute atomic E-state index is 8.19. The summed E-state index contributed by atoms with van der Waals surface area (Å²) in [7, 11) is 0. The highest BCUT2D eigenvalue weighted by molar-refractivity contribution is 4.62. The van der Waals surface area contributed by atoms with Gasteiger partial charge in [0.05, 0.1) is 6.10 Å². The first kappa shape index (κ1) is 14.9. The van der Waals surface area contributed by atoms with Crippen LogP contribution in [0.25, 0.3) is 0 Å². The van der Waals surface area contributed by atoms with Gasteiger partial charge in [-0.25, -0.2) is 4.89 Å². The van der Waals surface area contributed by atoms with E-state index in [1.807, 2.05) is 0 Å². The quantitative estimate of drug-likeness (QED) is 0.543. The summed E-state index contributed by atoms with van der Waals surface area (Å²) < 4.78 is 0. The second-order valence-electron chi connectivity index (χ2n) is 4.49. The number of rotatable bonds is 1. The third-order valence-electron chi connectivity index (χ3n) is 3.20. The zero-order valence-corrected chi connectivity index (χ0v) is 9.71. The average Bonchev–Trinajstić information content (AvgIpc) is 2.33. The molecular weight excluding hydrogens is 192 g/mol. The predicted octanol–water partition coefficient (Wildman–Crippen LogP) is 3.57. The standard InChI is InChI=1S/C6H12O2.C6H12.H2O.H2/c7-8-6-4-2-1-3-5-6;1-2-4-6-5-3-1;;/h6-7H,1-5H2;1-6H2;1H2;1H/i;;;1+1. The van der Waals surface area contributed by atoms with E-state index in [1.165, 1.54) is 57.8 Å². The molecule has 0 unspecified atom stereocenters. The second-order valence-corrected chi connectivity index (χ2v) is 4.49. The predicted molar refractivity (Wildman–Crippen MR) is 64.0 cm³/mol. The highest BCUT2D eigenvalue weighted by Crippen LogP contribution is 2.18. The summed E-state index contributed by atoms with van der Waals surface area (Å²) >= 11 is 0. The highest BCUT2D eigenvalue weighted by Gasteiger charge is 2.12. The molecule has 0 aliphatic heterocycles. The van der Waals surface area contributed by atoms with E-state index in [9.17, 15) is 0 Å². The van der Waals surface area contributed by atoms with E-state index >= 15 is 0 Å².